The molecule has 3 N–H and O–H groups in total. The van der Waals surface area contributed by atoms with Gasteiger partial charge in [-0.25, -0.2) is 4.57 Å². The van der Waals surface area contributed by atoms with Crippen molar-refractivity contribution in [2.45, 2.75) is 129 Å². The van der Waals surface area contributed by atoms with Crippen molar-refractivity contribution in [2.75, 3.05) is 26.4 Å². The number of carbonyl (C=O) groups is 2. The molecule has 0 aliphatic carbocycles. The molecule has 0 heterocycles. The summed E-state index contributed by atoms with van der Waals surface area (Å²) in [7, 11) is -4.34. The first-order chi connectivity index (χ1) is 17.3. The van der Waals surface area contributed by atoms with E-state index in [2.05, 4.69) is 13.8 Å². The van der Waals surface area contributed by atoms with Gasteiger partial charge in [-0.15, -0.1) is 0 Å². The standard InChI is InChI=1S/C26H52NO8P/c1-3-5-7-9-11-13-14-16-18-25(28)32-22-24(23-34-36(30,31)33-21-20-27)35-26(29)19-17-15-12-10-8-6-4-2/h24H,3-23,27H2,1-2H3,(H,30,31). The molecule has 0 aromatic rings. The number of phosphoric ester groups is 1. The third-order valence-electron chi connectivity index (χ3n) is 5.74. The van der Waals surface area contributed by atoms with Crippen LogP contribution in [0.2, 0.25) is 0 Å². The van der Waals surface area contributed by atoms with Crippen LogP contribution in [-0.4, -0.2) is 49.3 Å². The number of hydrogen-bond acceptors (Lipinski definition) is 8. The first-order valence-electron chi connectivity index (χ1n) is 14.0. The van der Waals surface area contributed by atoms with Crippen LogP contribution < -0.4 is 5.73 Å². The molecule has 0 bridgehead atoms. The zero-order valence-electron chi connectivity index (χ0n) is 22.8. The lowest BCUT2D eigenvalue weighted by molar-refractivity contribution is -0.161. The van der Waals surface area contributed by atoms with Crippen LogP contribution in [0.5, 0.6) is 0 Å². The summed E-state index contributed by atoms with van der Waals surface area (Å²) in [5.41, 5.74) is 5.28. The minimum atomic E-state index is -4.34. The molecule has 0 aromatic carbocycles. The second-order valence-corrected chi connectivity index (χ2v) is 10.7. The smallest absolute Gasteiger partial charge is 0.462 e. The molecule has 0 saturated carbocycles. The van der Waals surface area contributed by atoms with Crippen molar-refractivity contribution in [1.82, 2.24) is 0 Å². The first-order valence-corrected chi connectivity index (χ1v) is 15.5. The number of phosphoric acid groups is 1. The number of hydrogen-bond donors (Lipinski definition) is 2. The van der Waals surface area contributed by atoms with Crippen molar-refractivity contribution in [3.63, 3.8) is 0 Å². The number of nitrogens with two attached hydrogens (primary N) is 1. The van der Waals surface area contributed by atoms with Gasteiger partial charge in [0.25, 0.3) is 0 Å². The second kappa shape index (κ2) is 24.4. The zero-order valence-corrected chi connectivity index (χ0v) is 23.7. The van der Waals surface area contributed by atoms with Crippen molar-refractivity contribution in [3.8, 4) is 0 Å². The highest BCUT2D eigenvalue weighted by Crippen LogP contribution is 2.43. The lowest BCUT2D eigenvalue weighted by Gasteiger charge is -2.19. The number of esters is 2. The molecule has 214 valence electrons. The fraction of sp³-hybridized carbons (Fsp3) is 0.923. The van der Waals surface area contributed by atoms with Crippen LogP contribution in [0.4, 0.5) is 0 Å². The Bertz CT molecular complexity index is 590. The van der Waals surface area contributed by atoms with E-state index in [-0.39, 0.29) is 38.6 Å². The van der Waals surface area contributed by atoms with Crippen LogP contribution in [0.1, 0.15) is 123 Å². The van der Waals surface area contributed by atoms with Crippen LogP contribution in [0.15, 0.2) is 0 Å². The average Bonchev–Trinajstić information content (AvgIpc) is 2.85. The second-order valence-electron chi connectivity index (χ2n) is 9.28. The lowest BCUT2D eigenvalue weighted by Crippen LogP contribution is -2.29. The van der Waals surface area contributed by atoms with Crippen molar-refractivity contribution in [3.05, 3.63) is 0 Å². The summed E-state index contributed by atoms with van der Waals surface area (Å²) in [6, 6.07) is 0. The zero-order chi connectivity index (χ0) is 26.9. The van der Waals surface area contributed by atoms with Gasteiger partial charge in [-0.05, 0) is 12.8 Å². The number of rotatable bonds is 26. The molecule has 0 rings (SSSR count). The van der Waals surface area contributed by atoms with Gasteiger partial charge < -0.3 is 20.1 Å². The Morgan fingerprint density at radius 3 is 1.69 bits per heavy atom. The molecule has 0 fully saturated rings. The van der Waals surface area contributed by atoms with E-state index in [9.17, 15) is 19.0 Å². The van der Waals surface area contributed by atoms with Crippen LogP contribution in [0.3, 0.4) is 0 Å². The van der Waals surface area contributed by atoms with Gasteiger partial charge in [0.1, 0.15) is 6.61 Å². The van der Waals surface area contributed by atoms with Gasteiger partial charge in [-0.2, -0.15) is 0 Å². The van der Waals surface area contributed by atoms with Crippen molar-refractivity contribution in [2.24, 2.45) is 5.73 Å². The molecule has 9 nitrogen and oxygen atoms in total. The van der Waals surface area contributed by atoms with Gasteiger partial charge >= 0.3 is 19.8 Å². The first kappa shape index (κ1) is 35.0. The highest BCUT2D eigenvalue weighted by Gasteiger charge is 2.25. The van der Waals surface area contributed by atoms with E-state index in [1.54, 1.807) is 0 Å². The summed E-state index contributed by atoms with van der Waals surface area (Å²) in [5.74, 6) is -0.840. The van der Waals surface area contributed by atoms with Crippen molar-refractivity contribution >= 4 is 19.8 Å². The molecule has 0 aliphatic heterocycles. The average molecular weight is 538 g/mol. The highest BCUT2D eigenvalue weighted by molar-refractivity contribution is 7.47. The quantitative estimate of drug-likeness (QED) is 0.0750. The summed E-state index contributed by atoms with van der Waals surface area (Å²) in [5, 5.41) is 0. The SMILES string of the molecule is CCCCCCCCCCC(=O)OCC(COP(=O)(O)OCCN)OC(=O)CCCCCCCCC. The van der Waals surface area contributed by atoms with E-state index >= 15 is 0 Å². The minimum Gasteiger partial charge on any atom is -0.462 e. The van der Waals surface area contributed by atoms with E-state index in [0.29, 0.717) is 6.42 Å². The Balaban J connectivity index is 4.39. The summed E-state index contributed by atoms with van der Waals surface area (Å²) in [6.45, 7) is 3.61. The maximum atomic E-state index is 12.3. The third kappa shape index (κ3) is 23.4. The fourth-order valence-electron chi connectivity index (χ4n) is 3.63. The topological polar surface area (TPSA) is 134 Å². The van der Waals surface area contributed by atoms with E-state index in [1.807, 2.05) is 0 Å². The molecule has 0 saturated heterocycles. The monoisotopic (exact) mass is 537 g/mol. The molecule has 0 radical (unpaired) electrons. The van der Waals surface area contributed by atoms with Crippen LogP contribution in [0, 0.1) is 0 Å². The van der Waals surface area contributed by atoms with Gasteiger partial charge in [0.15, 0.2) is 6.10 Å². The summed E-state index contributed by atoms with van der Waals surface area (Å²) in [4.78, 5) is 34.1. The molecule has 0 aliphatic rings. The van der Waals surface area contributed by atoms with Gasteiger partial charge in [0, 0.05) is 19.4 Å². The summed E-state index contributed by atoms with van der Waals surface area (Å²) in [6.07, 6.45) is 16.0. The van der Waals surface area contributed by atoms with Crippen LogP contribution in [0.25, 0.3) is 0 Å². The predicted octanol–water partition coefficient (Wildman–Crippen LogP) is 6.21. The maximum Gasteiger partial charge on any atom is 0.472 e. The Hall–Kier alpha value is -0.990. The number of unbranched alkanes of at least 4 members (excludes halogenated alkanes) is 13. The predicted molar refractivity (Wildman–Crippen MR) is 141 cm³/mol. The Morgan fingerprint density at radius 2 is 1.19 bits per heavy atom. The van der Waals surface area contributed by atoms with Gasteiger partial charge in [-0.3, -0.25) is 18.6 Å². The molecule has 0 aromatic heterocycles. The molecule has 2 unspecified atom stereocenters. The molecule has 0 spiro atoms. The molecular formula is C26H52NO8P. The molecule has 2 atom stereocenters. The van der Waals surface area contributed by atoms with E-state index < -0.39 is 26.5 Å². The van der Waals surface area contributed by atoms with Gasteiger partial charge in [0.2, 0.25) is 0 Å². The molecule has 36 heavy (non-hydrogen) atoms. The Morgan fingerprint density at radius 1 is 0.722 bits per heavy atom. The Labute approximate surface area is 218 Å². The van der Waals surface area contributed by atoms with Crippen LogP contribution >= 0.6 is 7.82 Å². The van der Waals surface area contributed by atoms with Crippen molar-refractivity contribution in [1.29, 1.82) is 0 Å². The largest absolute Gasteiger partial charge is 0.472 e. The van der Waals surface area contributed by atoms with E-state index in [1.165, 1.54) is 51.4 Å². The van der Waals surface area contributed by atoms with E-state index in [4.69, 9.17) is 24.3 Å². The highest BCUT2D eigenvalue weighted by atomic mass is 31.2. The van der Waals surface area contributed by atoms with Crippen molar-refractivity contribution < 1.29 is 37.6 Å². The normalized spacial score (nSPS) is 13.8. The molecule has 0 amide bonds. The third-order valence-corrected chi connectivity index (χ3v) is 6.73. The Kier molecular flexibility index (Phi) is 23.7. The molecule has 10 heteroatoms. The number of carbonyl (C=O) groups excluding carboxylic acids is 2. The fourth-order valence-corrected chi connectivity index (χ4v) is 4.40. The number of ether oxygens (including phenoxy) is 2. The summed E-state index contributed by atoms with van der Waals surface area (Å²) >= 11 is 0. The minimum absolute atomic E-state index is 0.0567. The lowest BCUT2D eigenvalue weighted by atomic mass is 10.1. The summed E-state index contributed by atoms with van der Waals surface area (Å²) < 4.78 is 32.2. The van der Waals surface area contributed by atoms with Gasteiger partial charge in [0.05, 0.1) is 13.2 Å². The van der Waals surface area contributed by atoms with Gasteiger partial charge in [-0.1, -0.05) is 97.3 Å². The van der Waals surface area contributed by atoms with E-state index in [0.717, 1.165) is 38.5 Å². The maximum absolute atomic E-state index is 12.3. The van der Waals surface area contributed by atoms with Crippen LogP contribution in [-0.2, 0) is 32.7 Å². The molecular weight excluding hydrogens is 485 g/mol.